The van der Waals surface area contributed by atoms with Crippen molar-refractivity contribution in [3.63, 3.8) is 0 Å². The third kappa shape index (κ3) is 3.45. The molecule has 0 unspecified atom stereocenters. The molecule has 1 aromatic carbocycles. The molecule has 1 heterocycles. The summed E-state index contributed by atoms with van der Waals surface area (Å²) in [6.45, 7) is 0.656. The first-order chi connectivity index (χ1) is 10.1. The van der Waals surface area contributed by atoms with Crippen LogP contribution in [0.1, 0.15) is 23.5 Å². The van der Waals surface area contributed by atoms with E-state index in [4.69, 9.17) is 11.6 Å². The molecule has 0 saturated heterocycles. The van der Waals surface area contributed by atoms with Crippen molar-refractivity contribution in [3.05, 3.63) is 52.8 Å². The number of halogens is 1. The molecule has 1 N–H and O–H groups in total. The van der Waals surface area contributed by atoms with E-state index in [9.17, 15) is 4.79 Å². The number of amides is 1. The quantitative estimate of drug-likeness (QED) is 0.922. The van der Waals surface area contributed by atoms with Crippen molar-refractivity contribution in [2.45, 2.75) is 18.8 Å². The van der Waals surface area contributed by atoms with Gasteiger partial charge in [-0.05, 0) is 42.0 Å². The molecule has 1 aliphatic rings. The monoisotopic (exact) mass is 303 g/mol. The standard InChI is InChI=1S/C16H18ClN3O/c1-20-10-11(9-19-20)5-6-18-16(21)15-8-14(15)12-3-2-4-13(17)7-12/h2-4,7,9-10,14-15H,5-6,8H2,1H3,(H,18,21)/t14-,15+/m0/s1. The normalized spacial score (nSPS) is 20.3. The first-order valence-corrected chi connectivity index (χ1v) is 7.52. The first kappa shape index (κ1) is 14.1. The van der Waals surface area contributed by atoms with Gasteiger partial charge in [-0.2, -0.15) is 5.10 Å². The summed E-state index contributed by atoms with van der Waals surface area (Å²) < 4.78 is 1.77. The van der Waals surface area contributed by atoms with Gasteiger partial charge in [0.1, 0.15) is 0 Å². The summed E-state index contributed by atoms with van der Waals surface area (Å²) in [5.41, 5.74) is 2.30. The van der Waals surface area contributed by atoms with Gasteiger partial charge in [0, 0.05) is 30.7 Å². The minimum atomic E-state index is 0.0948. The molecule has 2 aromatic rings. The molecule has 1 fully saturated rings. The highest BCUT2D eigenvalue weighted by Gasteiger charge is 2.43. The maximum Gasteiger partial charge on any atom is 0.223 e. The average Bonchev–Trinajstić information content (AvgIpc) is 3.16. The Balaban J connectivity index is 1.47. The molecule has 2 atom stereocenters. The lowest BCUT2D eigenvalue weighted by Crippen LogP contribution is -2.27. The molecule has 3 rings (SSSR count). The lowest BCUT2D eigenvalue weighted by molar-refractivity contribution is -0.122. The largest absolute Gasteiger partial charge is 0.356 e. The third-order valence-electron chi connectivity index (χ3n) is 3.88. The van der Waals surface area contributed by atoms with Gasteiger partial charge < -0.3 is 5.32 Å². The van der Waals surface area contributed by atoms with Crippen molar-refractivity contribution in [3.8, 4) is 0 Å². The number of hydrogen-bond donors (Lipinski definition) is 1. The van der Waals surface area contributed by atoms with Gasteiger partial charge in [0.2, 0.25) is 5.91 Å². The molecule has 5 heteroatoms. The van der Waals surface area contributed by atoms with Gasteiger partial charge in [-0.3, -0.25) is 9.48 Å². The predicted octanol–water partition coefficient (Wildman–Crippen LogP) is 2.54. The van der Waals surface area contributed by atoms with Gasteiger partial charge >= 0.3 is 0 Å². The van der Waals surface area contributed by atoms with Crippen LogP contribution in [0.5, 0.6) is 0 Å². The maximum atomic E-state index is 12.1. The van der Waals surface area contributed by atoms with Crippen molar-refractivity contribution in [1.29, 1.82) is 0 Å². The fourth-order valence-corrected chi connectivity index (χ4v) is 2.85. The second-order valence-electron chi connectivity index (χ2n) is 5.57. The average molecular weight is 304 g/mol. The highest BCUT2D eigenvalue weighted by atomic mass is 35.5. The molecule has 21 heavy (non-hydrogen) atoms. The Hall–Kier alpha value is -1.81. The second-order valence-corrected chi connectivity index (χ2v) is 6.00. The lowest BCUT2D eigenvalue weighted by atomic mass is 10.1. The zero-order valence-corrected chi connectivity index (χ0v) is 12.7. The van der Waals surface area contributed by atoms with Crippen LogP contribution in [-0.2, 0) is 18.3 Å². The van der Waals surface area contributed by atoms with Crippen molar-refractivity contribution in [2.75, 3.05) is 6.54 Å². The highest BCUT2D eigenvalue weighted by Crippen LogP contribution is 2.47. The smallest absolute Gasteiger partial charge is 0.223 e. The number of carbonyl (C=O) groups excluding carboxylic acids is 1. The van der Waals surface area contributed by atoms with E-state index >= 15 is 0 Å². The van der Waals surface area contributed by atoms with Crippen molar-refractivity contribution in [1.82, 2.24) is 15.1 Å². The van der Waals surface area contributed by atoms with E-state index in [1.54, 1.807) is 4.68 Å². The van der Waals surface area contributed by atoms with E-state index in [0.717, 1.165) is 29.0 Å². The molecule has 1 aromatic heterocycles. The SMILES string of the molecule is Cn1cc(CCNC(=O)[C@@H]2C[C@H]2c2cccc(Cl)c2)cn1. The van der Waals surface area contributed by atoms with Crippen LogP contribution in [0.2, 0.25) is 5.02 Å². The number of nitrogens with one attached hydrogen (secondary N) is 1. The molecule has 110 valence electrons. The van der Waals surface area contributed by atoms with E-state index in [2.05, 4.69) is 10.4 Å². The highest BCUT2D eigenvalue weighted by molar-refractivity contribution is 6.30. The fraction of sp³-hybridized carbons (Fsp3) is 0.375. The lowest BCUT2D eigenvalue weighted by Gasteiger charge is -2.04. The number of hydrogen-bond acceptors (Lipinski definition) is 2. The Labute approximate surface area is 129 Å². The van der Waals surface area contributed by atoms with E-state index in [0.29, 0.717) is 12.5 Å². The number of aromatic nitrogens is 2. The van der Waals surface area contributed by atoms with E-state index < -0.39 is 0 Å². The van der Waals surface area contributed by atoms with Gasteiger partial charge in [0.15, 0.2) is 0 Å². The minimum Gasteiger partial charge on any atom is -0.356 e. The summed E-state index contributed by atoms with van der Waals surface area (Å²) in [4.78, 5) is 12.1. The van der Waals surface area contributed by atoms with Crippen LogP contribution < -0.4 is 5.32 Å². The fourth-order valence-electron chi connectivity index (χ4n) is 2.65. The Bertz CT molecular complexity index is 652. The molecule has 1 aliphatic carbocycles. The Kier molecular flexibility index (Phi) is 3.97. The van der Waals surface area contributed by atoms with Crippen LogP contribution in [0, 0.1) is 5.92 Å². The van der Waals surface area contributed by atoms with Gasteiger partial charge in [0.05, 0.1) is 6.20 Å². The van der Waals surface area contributed by atoms with E-state index in [1.165, 1.54) is 0 Å². The summed E-state index contributed by atoms with van der Waals surface area (Å²) in [5.74, 6) is 0.559. The molecule has 0 spiro atoms. The van der Waals surface area contributed by atoms with Gasteiger partial charge in [-0.25, -0.2) is 0 Å². The molecule has 0 aliphatic heterocycles. The summed E-state index contributed by atoms with van der Waals surface area (Å²) in [5, 5.41) is 7.85. The molecule has 4 nitrogen and oxygen atoms in total. The Morgan fingerprint density at radius 3 is 3.10 bits per heavy atom. The first-order valence-electron chi connectivity index (χ1n) is 7.14. The Morgan fingerprint density at radius 2 is 2.38 bits per heavy atom. The summed E-state index contributed by atoms with van der Waals surface area (Å²) in [6.07, 6.45) is 5.53. The van der Waals surface area contributed by atoms with Crippen LogP contribution in [0.4, 0.5) is 0 Å². The number of rotatable bonds is 5. The molecule has 1 amide bonds. The zero-order chi connectivity index (χ0) is 14.8. The molecular weight excluding hydrogens is 286 g/mol. The Morgan fingerprint density at radius 1 is 1.52 bits per heavy atom. The number of benzene rings is 1. The van der Waals surface area contributed by atoms with E-state index in [-0.39, 0.29) is 11.8 Å². The van der Waals surface area contributed by atoms with Crippen LogP contribution in [-0.4, -0.2) is 22.2 Å². The number of aryl methyl sites for hydroxylation is 1. The van der Waals surface area contributed by atoms with Gasteiger partial charge in [0.25, 0.3) is 0 Å². The van der Waals surface area contributed by atoms with Crippen LogP contribution in [0.15, 0.2) is 36.7 Å². The van der Waals surface area contributed by atoms with Crippen LogP contribution in [0.3, 0.4) is 0 Å². The molecule has 0 bridgehead atoms. The van der Waals surface area contributed by atoms with Gasteiger partial charge in [-0.15, -0.1) is 0 Å². The molecular formula is C16H18ClN3O. The van der Waals surface area contributed by atoms with E-state index in [1.807, 2.05) is 43.7 Å². The topological polar surface area (TPSA) is 46.9 Å². The maximum absolute atomic E-state index is 12.1. The van der Waals surface area contributed by atoms with Crippen LogP contribution >= 0.6 is 11.6 Å². The van der Waals surface area contributed by atoms with Gasteiger partial charge in [-0.1, -0.05) is 23.7 Å². The summed E-state index contributed by atoms with van der Waals surface area (Å²) in [7, 11) is 1.89. The van der Waals surface area contributed by atoms with Crippen molar-refractivity contribution >= 4 is 17.5 Å². The third-order valence-corrected chi connectivity index (χ3v) is 4.11. The zero-order valence-electron chi connectivity index (χ0n) is 11.9. The van der Waals surface area contributed by atoms with Crippen molar-refractivity contribution < 1.29 is 4.79 Å². The number of nitrogens with zero attached hydrogens (tertiary/aromatic N) is 2. The number of carbonyl (C=O) groups is 1. The van der Waals surface area contributed by atoms with Crippen molar-refractivity contribution in [2.24, 2.45) is 13.0 Å². The summed E-state index contributed by atoms with van der Waals surface area (Å²) >= 11 is 5.99. The predicted molar refractivity (Wildman–Crippen MR) is 82.2 cm³/mol. The molecule has 1 saturated carbocycles. The van der Waals surface area contributed by atoms with Crippen LogP contribution in [0.25, 0.3) is 0 Å². The molecule has 0 radical (unpaired) electrons. The summed E-state index contributed by atoms with van der Waals surface area (Å²) in [6, 6.07) is 7.79. The second kappa shape index (κ2) is 5.90. The minimum absolute atomic E-state index is 0.0948.